The number of rotatable bonds is 7. The van der Waals surface area contributed by atoms with Crippen LogP contribution in [0.1, 0.15) is 12.5 Å². The van der Waals surface area contributed by atoms with E-state index >= 15 is 0 Å². The average molecular weight is 335 g/mol. The summed E-state index contributed by atoms with van der Waals surface area (Å²) < 4.78 is 32.0. The number of hydrogen-bond donors (Lipinski definition) is 1. The zero-order valence-electron chi connectivity index (χ0n) is 13.2. The van der Waals surface area contributed by atoms with Crippen molar-refractivity contribution in [3.8, 4) is 5.75 Å². The van der Waals surface area contributed by atoms with Crippen molar-refractivity contribution in [2.45, 2.75) is 24.5 Å². The van der Waals surface area contributed by atoms with Crippen LogP contribution < -0.4 is 4.74 Å². The first-order valence-corrected chi connectivity index (χ1v) is 8.73. The maximum absolute atomic E-state index is 12.8. The van der Waals surface area contributed by atoms with Crippen LogP contribution in [0.5, 0.6) is 5.75 Å². The molecule has 0 spiro atoms. The number of nitrogens with zero attached hydrogens (tertiary/aromatic N) is 1. The van der Waals surface area contributed by atoms with E-state index in [0.29, 0.717) is 5.75 Å². The van der Waals surface area contributed by atoms with Gasteiger partial charge < -0.3 is 9.84 Å². The fourth-order valence-electron chi connectivity index (χ4n) is 2.23. The molecule has 0 aliphatic rings. The predicted molar refractivity (Wildman–Crippen MR) is 88.7 cm³/mol. The fraction of sp³-hybridized carbons (Fsp3) is 0.294. The van der Waals surface area contributed by atoms with Gasteiger partial charge in [-0.3, -0.25) is 0 Å². The summed E-state index contributed by atoms with van der Waals surface area (Å²) in [5.74, 6) is 0.592. The molecule has 0 fully saturated rings. The first-order chi connectivity index (χ1) is 10.9. The number of aliphatic hydroxyl groups excluding tert-OH is 1. The zero-order valence-corrected chi connectivity index (χ0v) is 14.0. The highest BCUT2D eigenvalue weighted by molar-refractivity contribution is 7.89. The highest BCUT2D eigenvalue weighted by Gasteiger charge is 2.25. The zero-order chi connectivity index (χ0) is 16.9. The minimum absolute atomic E-state index is 0.0310. The van der Waals surface area contributed by atoms with E-state index in [-0.39, 0.29) is 18.0 Å². The van der Waals surface area contributed by atoms with Gasteiger partial charge in [0.05, 0.1) is 18.1 Å². The van der Waals surface area contributed by atoms with Gasteiger partial charge in [-0.15, -0.1) is 0 Å². The predicted octanol–water partition coefficient (Wildman–Crippen LogP) is 2.27. The summed E-state index contributed by atoms with van der Waals surface area (Å²) in [6, 6.07) is 15.5. The second kappa shape index (κ2) is 7.59. The molecule has 2 aromatic rings. The van der Waals surface area contributed by atoms with E-state index in [2.05, 4.69) is 0 Å². The second-order valence-corrected chi connectivity index (χ2v) is 7.25. The van der Waals surface area contributed by atoms with Crippen LogP contribution in [-0.2, 0) is 16.6 Å². The summed E-state index contributed by atoms with van der Waals surface area (Å²) in [5.41, 5.74) is 0.866. The quantitative estimate of drug-likeness (QED) is 0.843. The summed E-state index contributed by atoms with van der Waals surface area (Å²) in [6.45, 7) is 1.81. The van der Waals surface area contributed by atoms with Crippen LogP contribution in [0.25, 0.3) is 0 Å². The van der Waals surface area contributed by atoms with E-state index in [1.165, 1.54) is 23.5 Å². The van der Waals surface area contributed by atoms with E-state index in [4.69, 9.17) is 4.74 Å². The molecule has 1 unspecified atom stereocenters. The van der Waals surface area contributed by atoms with E-state index in [1.807, 2.05) is 30.3 Å². The SMILES string of the molecule is COc1ccc(S(=O)(=O)N(Cc2ccccc2)CC(C)O)cc1. The molecule has 0 aromatic heterocycles. The van der Waals surface area contributed by atoms with Crippen LogP contribution in [-0.4, -0.2) is 37.6 Å². The van der Waals surface area contributed by atoms with Crippen molar-refractivity contribution in [2.75, 3.05) is 13.7 Å². The average Bonchev–Trinajstić information content (AvgIpc) is 2.55. The lowest BCUT2D eigenvalue weighted by atomic mass is 10.2. The molecule has 23 heavy (non-hydrogen) atoms. The normalized spacial score (nSPS) is 13.0. The van der Waals surface area contributed by atoms with E-state index < -0.39 is 16.1 Å². The van der Waals surface area contributed by atoms with Gasteiger partial charge in [0.25, 0.3) is 0 Å². The van der Waals surface area contributed by atoms with Crippen LogP contribution >= 0.6 is 0 Å². The molecule has 1 N–H and O–H groups in total. The molecule has 0 saturated heterocycles. The number of methoxy groups -OCH3 is 1. The first kappa shape index (κ1) is 17.5. The van der Waals surface area contributed by atoms with Crippen molar-refractivity contribution in [1.82, 2.24) is 4.31 Å². The Morgan fingerprint density at radius 3 is 2.22 bits per heavy atom. The first-order valence-electron chi connectivity index (χ1n) is 7.29. The monoisotopic (exact) mass is 335 g/mol. The molecule has 0 heterocycles. The lowest BCUT2D eigenvalue weighted by molar-refractivity contribution is 0.161. The Morgan fingerprint density at radius 2 is 1.70 bits per heavy atom. The standard InChI is InChI=1S/C17H21NO4S/c1-14(19)12-18(13-15-6-4-3-5-7-15)23(20,21)17-10-8-16(22-2)9-11-17/h3-11,14,19H,12-13H2,1-2H3. The van der Waals surface area contributed by atoms with Gasteiger partial charge in [-0.2, -0.15) is 4.31 Å². The molecular formula is C17H21NO4S. The van der Waals surface area contributed by atoms with Gasteiger partial charge in [0.15, 0.2) is 0 Å². The Hall–Kier alpha value is -1.89. The fourth-order valence-corrected chi connectivity index (χ4v) is 3.74. The van der Waals surface area contributed by atoms with Crippen molar-refractivity contribution in [1.29, 1.82) is 0 Å². The number of sulfonamides is 1. The Balaban J connectivity index is 2.31. The molecule has 124 valence electrons. The Bertz CT molecular complexity index is 712. The lowest BCUT2D eigenvalue weighted by Crippen LogP contribution is -2.36. The van der Waals surface area contributed by atoms with Gasteiger partial charge in [0.2, 0.25) is 10.0 Å². The maximum atomic E-state index is 12.8. The Morgan fingerprint density at radius 1 is 1.09 bits per heavy atom. The largest absolute Gasteiger partial charge is 0.497 e. The third-order valence-electron chi connectivity index (χ3n) is 3.37. The van der Waals surface area contributed by atoms with E-state index in [1.54, 1.807) is 19.1 Å². The maximum Gasteiger partial charge on any atom is 0.243 e. The molecule has 0 aliphatic carbocycles. The van der Waals surface area contributed by atoms with Crippen molar-refractivity contribution >= 4 is 10.0 Å². The number of ether oxygens (including phenoxy) is 1. The molecule has 2 rings (SSSR count). The smallest absolute Gasteiger partial charge is 0.243 e. The minimum atomic E-state index is -3.70. The van der Waals surface area contributed by atoms with E-state index in [0.717, 1.165) is 5.56 Å². The van der Waals surface area contributed by atoms with Crippen LogP contribution in [0, 0.1) is 0 Å². The number of aliphatic hydroxyl groups is 1. The van der Waals surface area contributed by atoms with Gasteiger partial charge >= 0.3 is 0 Å². The molecule has 0 radical (unpaired) electrons. The lowest BCUT2D eigenvalue weighted by Gasteiger charge is -2.23. The third-order valence-corrected chi connectivity index (χ3v) is 5.19. The molecule has 5 nitrogen and oxygen atoms in total. The van der Waals surface area contributed by atoms with Crippen molar-refractivity contribution in [3.05, 3.63) is 60.2 Å². The number of benzene rings is 2. The molecule has 0 aliphatic heterocycles. The van der Waals surface area contributed by atoms with Crippen LogP contribution in [0.15, 0.2) is 59.5 Å². The summed E-state index contributed by atoms with van der Waals surface area (Å²) in [4.78, 5) is 0.176. The van der Waals surface area contributed by atoms with Crippen molar-refractivity contribution in [2.24, 2.45) is 0 Å². The Kier molecular flexibility index (Phi) is 5.76. The summed E-state index contributed by atoms with van der Waals surface area (Å²) >= 11 is 0. The van der Waals surface area contributed by atoms with Gasteiger partial charge in [-0.05, 0) is 36.8 Å². The highest BCUT2D eigenvalue weighted by Crippen LogP contribution is 2.21. The van der Waals surface area contributed by atoms with Crippen molar-refractivity contribution in [3.63, 3.8) is 0 Å². The van der Waals surface area contributed by atoms with Gasteiger partial charge in [0, 0.05) is 13.1 Å². The molecule has 0 bridgehead atoms. The van der Waals surface area contributed by atoms with Gasteiger partial charge in [0.1, 0.15) is 5.75 Å². The number of hydrogen-bond acceptors (Lipinski definition) is 4. The second-order valence-electron chi connectivity index (χ2n) is 5.31. The molecule has 0 amide bonds. The van der Waals surface area contributed by atoms with Gasteiger partial charge in [-0.25, -0.2) is 8.42 Å². The topological polar surface area (TPSA) is 66.8 Å². The molecule has 0 saturated carbocycles. The molecule has 2 aromatic carbocycles. The van der Waals surface area contributed by atoms with Crippen LogP contribution in [0.4, 0.5) is 0 Å². The summed E-state index contributed by atoms with van der Waals surface area (Å²) in [6.07, 6.45) is -0.758. The molecular weight excluding hydrogens is 314 g/mol. The van der Waals surface area contributed by atoms with Crippen molar-refractivity contribution < 1.29 is 18.3 Å². The molecule has 1 atom stereocenters. The minimum Gasteiger partial charge on any atom is -0.497 e. The third kappa shape index (κ3) is 4.54. The summed E-state index contributed by atoms with van der Waals surface area (Å²) in [7, 11) is -2.18. The van der Waals surface area contributed by atoms with Gasteiger partial charge in [-0.1, -0.05) is 30.3 Å². The van der Waals surface area contributed by atoms with Crippen LogP contribution in [0.2, 0.25) is 0 Å². The highest BCUT2D eigenvalue weighted by atomic mass is 32.2. The molecule has 6 heteroatoms. The Labute approximate surface area is 137 Å². The summed E-state index contributed by atoms with van der Waals surface area (Å²) in [5, 5.41) is 9.67. The van der Waals surface area contributed by atoms with E-state index in [9.17, 15) is 13.5 Å². The van der Waals surface area contributed by atoms with Crippen LogP contribution in [0.3, 0.4) is 0 Å².